The molecule has 3 aromatic rings. The minimum Gasteiger partial charge on any atom is -0.434 e. The van der Waals surface area contributed by atoms with Crippen LogP contribution in [-0.2, 0) is 13.1 Å². The summed E-state index contributed by atoms with van der Waals surface area (Å²) in [5, 5.41) is 2.71. The SMILES string of the molecule is O=C(NCc1ccc(Cn2ccnc2)cc1)c1ccccc1OC(F)F. The largest absolute Gasteiger partial charge is 0.434 e. The average molecular weight is 357 g/mol. The predicted molar refractivity (Wildman–Crippen MR) is 92.0 cm³/mol. The monoisotopic (exact) mass is 357 g/mol. The van der Waals surface area contributed by atoms with Gasteiger partial charge in [0, 0.05) is 25.5 Å². The number of imidazole rings is 1. The number of aromatic nitrogens is 2. The van der Waals surface area contributed by atoms with Crippen LogP contribution in [0.25, 0.3) is 0 Å². The Morgan fingerprint density at radius 2 is 1.85 bits per heavy atom. The second kappa shape index (κ2) is 8.24. The van der Waals surface area contributed by atoms with Crippen LogP contribution in [0.2, 0.25) is 0 Å². The molecule has 5 nitrogen and oxygen atoms in total. The standard InChI is InChI=1S/C19H17F2N3O2/c20-19(21)26-17-4-2-1-3-16(17)18(25)23-11-14-5-7-15(8-6-14)12-24-10-9-22-13-24/h1-10,13,19H,11-12H2,(H,23,25). The highest BCUT2D eigenvalue weighted by Gasteiger charge is 2.14. The Hall–Kier alpha value is -3.22. The number of para-hydroxylation sites is 1. The number of hydrogen-bond donors (Lipinski definition) is 1. The van der Waals surface area contributed by atoms with Crippen LogP contribution in [0.1, 0.15) is 21.5 Å². The highest BCUT2D eigenvalue weighted by Crippen LogP contribution is 2.20. The molecule has 0 radical (unpaired) electrons. The van der Waals surface area contributed by atoms with Crippen molar-refractivity contribution in [3.63, 3.8) is 0 Å². The second-order valence-corrected chi connectivity index (χ2v) is 5.61. The fourth-order valence-electron chi connectivity index (χ4n) is 2.48. The van der Waals surface area contributed by atoms with Gasteiger partial charge in [-0.2, -0.15) is 8.78 Å². The van der Waals surface area contributed by atoms with E-state index in [0.29, 0.717) is 6.54 Å². The Labute approximate surface area is 149 Å². The molecule has 0 fully saturated rings. The minimum absolute atomic E-state index is 0.0736. The van der Waals surface area contributed by atoms with Crippen LogP contribution in [0.15, 0.2) is 67.3 Å². The van der Waals surface area contributed by atoms with Gasteiger partial charge in [-0.3, -0.25) is 4.79 Å². The Kier molecular flexibility index (Phi) is 5.58. The molecule has 0 saturated carbocycles. The summed E-state index contributed by atoms with van der Waals surface area (Å²) in [7, 11) is 0. The van der Waals surface area contributed by atoms with E-state index in [1.165, 1.54) is 18.2 Å². The summed E-state index contributed by atoms with van der Waals surface area (Å²) in [5.74, 6) is -0.612. The molecule has 0 saturated heterocycles. The van der Waals surface area contributed by atoms with Crippen molar-refractivity contribution >= 4 is 5.91 Å². The molecule has 0 spiro atoms. The highest BCUT2D eigenvalue weighted by molar-refractivity contribution is 5.96. The molecule has 0 atom stereocenters. The lowest BCUT2D eigenvalue weighted by Crippen LogP contribution is -2.23. The van der Waals surface area contributed by atoms with Crippen LogP contribution in [0, 0.1) is 0 Å². The molecule has 0 unspecified atom stereocenters. The number of hydrogen-bond acceptors (Lipinski definition) is 3. The van der Waals surface area contributed by atoms with E-state index in [2.05, 4.69) is 15.0 Å². The summed E-state index contributed by atoms with van der Waals surface area (Å²) in [6.07, 6.45) is 5.35. The second-order valence-electron chi connectivity index (χ2n) is 5.61. The van der Waals surface area contributed by atoms with Crippen LogP contribution in [0.5, 0.6) is 5.75 Å². The van der Waals surface area contributed by atoms with Crippen molar-refractivity contribution in [3.05, 3.63) is 83.9 Å². The van der Waals surface area contributed by atoms with Crippen LogP contribution in [-0.4, -0.2) is 22.1 Å². The summed E-state index contributed by atoms with van der Waals surface area (Å²) < 4.78 is 31.2. The van der Waals surface area contributed by atoms with Crippen LogP contribution in [0.4, 0.5) is 8.78 Å². The molecule has 0 aliphatic heterocycles. The highest BCUT2D eigenvalue weighted by atomic mass is 19.3. The van der Waals surface area contributed by atoms with E-state index in [1.807, 2.05) is 35.0 Å². The number of carbonyl (C=O) groups excluding carboxylic acids is 1. The normalized spacial score (nSPS) is 10.7. The summed E-state index contributed by atoms with van der Waals surface area (Å²) in [6.45, 7) is -1.98. The zero-order chi connectivity index (χ0) is 18.4. The summed E-state index contributed by atoms with van der Waals surface area (Å²) in [6, 6.07) is 13.7. The number of ether oxygens (including phenoxy) is 1. The number of nitrogens with zero attached hydrogens (tertiary/aromatic N) is 2. The smallest absolute Gasteiger partial charge is 0.387 e. The van der Waals surface area contributed by atoms with Gasteiger partial charge < -0.3 is 14.6 Å². The minimum atomic E-state index is -2.98. The molecular formula is C19H17F2N3O2. The predicted octanol–water partition coefficient (Wildman–Crippen LogP) is 3.46. The number of benzene rings is 2. The molecular weight excluding hydrogens is 340 g/mol. The first kappa shape index (κ1) is 17.6. The Bertz CT molecular complexity index is 849. The van der Waals surface area contributed by atoms with Gasteiger partial charge in [0.05, 0.1) is 11.9 Å². The maximum Gasteiger partial charge on any atom is 0.387 e. The fraction of sp³-hybridized carbons (Fsp3) is 0.158. The number of rotatable bonds is 7. The molecule has 0 aliphatic rings. The first-order chi connectivity index (χ1) is 12.6. The Morgan fingerprint density at radius 3 is 2.54 bits per heavy atom. The van der Waals surface area contributed by atoms with Gasteiger partial charge in [-0.1, -0.05) is 36.4 Å². The third-order valence-corrected chi connectivity index (χ3v) is 3.75. The van der Waals surface area contributed by atoms with Crippen LogP contribution < -0.4 is 10.1 Å². The van der Waals surface area contributed by atoms with Gasteiger partial charge in [0.25, 0.3) is 5.91 Å². The van der Waals surface area contributed by atoms with E-state index in [-0.39, 0.29) is 17.9 Å². The molecule has 1 N–H and O–H groups in total. The maximum atomic E-state index is 12.4. The first-order valence-corrected chi connectivity index (χ1v) is 7.97. The molecule has 0 bridgehead atoms. The molecule has 0 aliphatic carbocycles. The van der Waals surface area contributed by atoms with E-state index in [4.69, 9.17) is 0 Å². The Balaban J connectivity index is 1.59. The molecule has 26 heavy (non-hydrogen) atoms. The molecule has 7 heteroatoms. The lowest BCUT2D eigenvalue weighted by Gasteiger charge is -2.11. The van der Waals surface area contributed by atoms with E-state index < -0.39 is 12.5 Å². The van der Waals surface area contributed by atoms with Crippen molar-refractivity contribution < 1.29 is 18.3 Å². The van der Waals surface area contributed by atoms with Gasteiger partial charge in [-0.25, -0.2) is 4.98 Å². The van der Waals surface area contributed by atoms with Gasteiger partial charge in [0.2, 0.25) is 0 Å². The molecule has 1 amide bonds. The van der Waals surface area contributed by atoms with Gasteiger partial charge in [-0.05, 0) is 23.3 Å². The van der Waals surface area contributed by atoms with E-state index in [1.54, 1.807) is 18.6 Å². The lowest BCUT2D eigenvalue weighted by atomic mass is 10.1. The lowest BCUT2D eigenvalue weighted by molar-refractivity contribution is -0.0501. The molecule has 134 valence electrons. The van der Waals surface area contributed by atoms with Gasteiger partial charge in [-0.15, -0.1) is 0 Å². The van der Waals surface area contributed by atoms with E-state index >= 15 is 0 Å². The van der Waals surface area contributed by atoms with Gasteiger partial charge in [0.15, 0.2) is 0 Å². The zero-order valence-electron chi connectivity index (χ0n) is 13.8. The van der Waals surface area contributed by atoms with E-state index in [9.17, 15) is 13.6 Å². The van der Waals surface area contributed by atoms with Crippen molar-refractivity contribution in [2.45, 2.75) is 19.7 Å². The van der Waals surface area contributed by atoms with E-state index in [0.717, 1.165) is 11.1 Å². The number of carbonyl (C=O) groups is 1. The van der Waals surface area contributed by atoms with Crippen molar-refractivity contribution in [3.8, 4) is 5.75 Å². The summed E-state index contributed by atoms with van der Waals surface area (Å²) in [4.78, 5) is 16.2. The summed E-state index contributed by atoms with van der Waals surface area (Å²) >= 11 is 0. The quantitative estimate of drug-likeness (QED) is 0.705. The van der Waals surface area contributed by atoms with Crippen LogP contribution in [0.3, 0.4) is 0 Å². The Morgan fingerprint density at radius 1 is 1.12 bits per heavy atom. The molecule has 3 rings (SSSR count). The van der Waals surface area contributed by atoms with Crippen molar-refractivity contribution in [2.24, 2.45) is 0 Å². The third-order valence-electron chi connectivity index (χ3n) is 3.75. The zero-order valence-corrected chi connectivity index (χ0v) is 13.8. The fourth-order valence-corrected chi connectivity index (χ4v) is 2.48. The molecule has 2 aromatic carbocycles. The average Bonchev–Trinajstić information content (AvgIpc) is 3.14. The summed E-state index contributed by atoms with van der Waals surface area (Å²) in [5.41, 5.74) is 2.08. The van der Waals surface area contributed by atoms with Crippen molar-refractivity contribution in [1.82, 2.24) is 14.9 Å². The third kappa shape index (κ3) is 4.66. The van der Waals surface area contributed by atoms with Gasteiger partial charge in [0.1, 0.15) is 5.75 Å². The molecule has 1 heterocycles. The molecule has 1 aromatic heterocycles. The first-order valence-electron chi connectivity index (χ1n) is 7.97. The van der Waals surface area contributed by atoms with Gasteiger partial charge >= 0.3 is 6.61 Å². The van der Waals surface area contributed by atoms with Crippen molar-refractivity contribution in [1.29, 1.82) is 0 Å². The maximum absolute atomic E-state index is 12.4. The number of alkyl halides is 2. The topological polar surface area (TPSA) is 56.2 Å². The van der Waals surface area contributed by atoms with Crippen LogP contribution >= 0.6 is 0 Å². The van der Waals surface area contributed by atoms with Crippen molar-refractivity contribution in [2.75, 3.05) is 0 Å². The number of nitrogens with one attached hydrogen (secondary N) is 1. The number of halogens is 2. The number of amides is 1.